The SMILES string of the molecule is O=C(O)CCc1ccc(OCCCCC(F)(F)F)cc1. The molecule has 1 rings (SSSR count). The molecule has 0 unspecified atom stereocenters. The summed E-state index contributed by atoms with van der Waals surface area (Å²) in [7, 11) is 0. The Labute approximate surface area is 115 Å². The van der Waals surface area contributed by atoms with E-state index in [9.17, 15) is 18.0 Å². The third-order valence-electron chi connectivity index (χ3n) is 2.67. The number of carboxylic acid groups (broad SMARTS) is 1. The standard InChI is InChI=1S/C14H17F3O3/c15-14(16,17)9-1-2-10-20-12-6-3-11(4-7-12)5-8-13(18)19/h3-4,6-7H,1-2,5,8-10H2,(H,18,19). The van der Waals surface area contributed by atoms with Crippen molar-refractivity contribution in [2.75, 3.05) is 6.61 Å². The molecule has 0 radical (unpaired) electrons. The van der Waals surface area contributed by atoms with Crippen molar-refractivity contribution >= 4 is 5.97 Å². The molecule has 6 heteroatoms. The molecule has 0 aliphatic rings. The summed E-state index contributed by atoms with van der Waals surface area (Å²) in [5.41, 5.74) is 0.886. The van der Waals surface area contributed by atoms with E-state index in [4.69, 9.17) is 9.84 Å². The zero-order valence-corrected chi connectivity index (χ0v) is 10.9. The minimum atomic E-state index is -4.11. The summed E-state index contributed by atoms with van der Waals surface area (Å²) in [6.45, 7) is 0.241. The van der Waals surface area contributed by atoms with Crippen molar-refractivity contribution in [2.45, 2.75) is 38.3 Å². The molecule has 0 heterocycles. The van der Waals surface area contributed by atoms with E-state index in [2.05, 4.69) is 0 Å². The highest BCUT2D eigenvalue weighted by atomic mass is 19.4. The van der Waals surface area contributed by atoms with Gasteiger partial charge >= 0.3 is 12.1 Å². The number of hydrogen-bond acceptors (Lipinski definition) is 2. The lowest BCUT2D eigenvalue weighted by Crippen LogP contribution is -2.07. The van der Waals surface area contributed by atoms with Crippen LogP contribution in [-0.4, -0.2) is 23.9 Å². The Morgan fingerprint density at radius 1 is 1.15 bits per heavy atom. The van der Waals surface area contributed by atoms with Crippen LogP contribution in [0.25, 0.3) is 0 Å². The fourth-order valence-corrected chi connectivity index (χ4v) is 1.62. The van der Waals surface area contributed by atoms with Gasteiger partial charge < -0.3 is 9.84 Å². The molecular weight excluding hydrogens is 273 g/mol. The predicted molar refractivity (Wildman–Crippen MR) is 67.8 cm³/mol. The van der Waals surface area contributed by atoms with Crippen LogP contribution in [-0.2, 0) is 11.2 Å². The Morgan fingerprint density at radius 3 is 2.35 bits per heavy atom. The van der Waals surface area contributed by atoms with E-state index in [1.807, 2.05) is 0 Å². The average molecular weight is 290 g/mol. The first-order valence-corrected chi connectivity index (χ1v) is 6.37. The van der Waals surface area contributed by atoms with Crippen molar-refractivity contribution in [3.8, 4) is 5.75 Å². The Kier molecular flexibility index (Phi) is 6.35. The lowest BCUT2D eigenvalue weighted by Gasteiger charge is -2.08. The highest BCUT2D eigenvalue weighted by Gasteiger charge is 2.25. The largest absolute Gasteiger partial charge is 0.494 e. The number of benzene rings is 1. The summed E-state index contributed by atoms with van der Waals surface area (Å²) in [6, 6.07) is 6.91. The third kappa shape index (κ3) is 7.66. The molecule has 0 aliphatic carbocycles. The highest BCUT2D eigenvalue weighted by Crippen LogP contribution is 2.22. The van der Waals surface area contributed by atoms with E-state index in [0.717, 1.165) is 5.56 Å². The maximum atomic E-state index is 11.9. The average Bonchev–Trinajstić information content (AvgIpc) is 2.36. The summed E-state index contributed by atoms with van der Waals surface area (Å²) in [4.78, 5) is 10.4. The predicted octanol–water partition coefficient (Wildman–Crippen LogP) is 3.82. The van der Waals surface area contributed by atoms with Crippen molar-refractivity contribution in [3.05, 3.63) is 29.8 Å². The highest BCUT2D eigenvalue weighted by molar-refractivity contribution is 5.67. The third-order valence-corrected chi connectivity index (χ3v) is 2.67. The van der Waals surface area contributed by atoms with Gasteiger partial charge in [0.1, 0.15) is 5.75 Å². The first kappa shape index (κ1) is 16.3. The molecule has 0 amide bonds. The molecule has 20 heavy (non-hydrogen) atoms. The lowest BCUT2D eigenvalue weighted by molar-refractivity contribution is -0.137. The van der Waals surface area contributed by atoms with Gasteiger partial charge in [-0.15, -0.1) is 0 Å². The second kappa shape index (κ2) is 7.77. The molecule has 0 saturated heterocycles. The Hall–Kier alpha value is -1.72. The number of carboxylic acids is 1. The summed E-state index contributed by atoms with van der Waals surface area (Å²) in [5.74, 6) is -0.272. The van der Waals surface area contributed by atoms with Crippen LogP contribution in [0.4, 0.5) is 13.2 Å². The zero-order valence-electron chi connectivity index (χ0n) is 10.9. The van der Waals surface area contributed by atoms with E-state index in [0.29, 0.717) is 18.6 Å². The van der Waals surface area contributed by atoms with Gasteiger partial charge in [-0.2, -0.15) is 13.2 Å². The normalized spacial score (nSPS) is 11.3. The summed E-state index contributed by atoms with van der Waals surface area (Å²) in [5, 5.41) is 8.55. The van der Waals surface area contributed by atoms with Crippen LogP contribution in [0.5, 0.6) is 5.75 Å². The van der Waals surface area contributed by atoms with Crippen molar-refractivity contribution < 1.29 is 27.8 Å². The van der Waals surface area contributed by atoms with Crippen LogP contribution in [0, 0.1) is 0 Å². The molecule has 0 bridgehead atoms. The van der Waals surface area contributed by atoms with Gasteiger partial charge in [0.2, 0.25) is 0 Å². The smallest absolute Gasteiger partial charge is 0.389 e. The molecule has 0 saturated carbocycles. The summed E-state index contributed by atoms with van der Waals surface area (Å²) < 4.78 is 41.0. The molecule has 1 N–H and O–H groups in total. The maximum absolute atomic E-state index is 11.9. The first-order chi connectivity index (χ1) is 9.37. The van der Waals surface area contributed by atoms with Gasteiger partial charge in [-0.25, -0.2) is 0 Å². The lowest BCUT2D eigenvalue weighted by atomic mass is 10.1. The van der Waals surface area contributed by atoms with Crippen molar-refractivity contribution in [1.82, 2.24) is 0 Å². The number of ether oxygens (including phenoxy) is 1. The van der Waals surface area contributed by atoms with Gasteiger partial charge in [0.15, 0.2) is 0 Å². The molecule has 112 valence electrons. The van der Waals surface area contributed by atoms with Crippen molar-refractivity contribution in [1.29, 1.82) is 0 Å². The van der Waals surface area contributed by atoms with E-state index in [-0.39, 0.29) is 19.4 Å². The molecule has 0 aromatic heterocycles. The number of hydrogen-bond donors (Lipinski definition) is 1. The number of aryl methyl sites for hydroxylation is 1. The molecule has 0 aliphatic heterocycles. The van der Waals surface area contributed by atoms with E-state index < -0.39 is 18.6 Å². The molecule has 0 atom stereocenters. The number of rotatable bonds is 8. The van der Waals surface area contributed by atoms with E-state index in [1.165, 1.54) is 0 Å². The maximum Gasteiger partial charge on any atom is 0.389 e. The van der Waals surface area contributed by atoms with Gasteiger partial charge in [-0.1, -0.05) is 12.1 Å². The van der Waals surface area contributed by atoms with Crippen LogP contribution in [0.15, 0.2) is 24.3 Å². The molecule has 1 aromatic rings. The van der Waals surface area contributed by atoms with E-state index in [1.54, 1.807) is 24.3 Å². The quantitative estimate of drug-likeness (QED) is 0.740. The Morgan fingerprint density at radius 2 is 1.80 bits per heavy atom. The second-order valence-corrected chi connectivity index (χ2v) is 4.46. The van der Waals surface area contributed by atoms with Gasteiger partial charge in [0.05, 0.1) is 6.61 Å². The Balaban J connectivity index is 2.23. The van der Waals surface area contributed by atoms with Gasteiger partial charge in [-0.3, -0.25) is 4.79 Å². The van der Waals surface area contributed by atoms with Crippen LogP contribution < -0.4 is 4.74 Å². The Bertz CT molecular complexity index is 413. The van der Waals surface area contributed by atoms with Crippen molar-refractivity contribution in [3.63, 3.8) is 0 Å². The second-order valence-electron chi connectivity index (χ2n) is 4.46. The number of aliphatic carboxylic acids is 1. The number of alkyl halides is 3. The van der Waals surface area contributed by atoms with Gasteiger partial charge in [0.25, 0.3) is 0 Å². The van der Waals surface area contributed by atoms with Gasteiger partial charge in [-0.05, 0) is 37.0 Å². The van der Waals surface area contributed by atoms with Crippen LogP contribution in [0.2, 0.25) is 0 Å². The fourth-order valence-electron chi connectivity index (χ4n) is 1.62. The zero-order chi connectivity index (χ0) is 15.0. The molecule has 0 fully saturated rings. The van der Waals surface area contributed by atoms with Gasteiger partial charge in [0, 0.05) is 12.8 Å². The van der Waals surface area contributed by atoms with Crippen molar-refractivity contribution in [2.24, 2.45) is 0 Å². The first-order valence-electron chi connectivity index (χ1n) is 6.37. The minimum absolute atomic E-state index is 0.0557. The topological polar surface area (TPSA) is 46.5 Å². The summed E-state index contributed by atoms with van der Waals surface area (Å²) >= 11 is 0. The monoisotopic (exact) mass is 290 g/mol. The molecule has 3 nitrogen and oxygen atoms in total. The number of unbranched alkanes of at least 4 members (excludes halogenated alkanes) is 1. The van der Waals surface area contributed by atoms with Crippen LogP contribution in [0.1, 0.15) is 31.2 Å². The fraction of sp³-hybridized carbons (Fsp3) is 0.500. The number of carbonyl (C=O) groups is 1. The molecular formula is C14H17F3O3. The van der Waals surface area contributed by atoms with Crippen LogP contribution in [0.3, 0.4) is 0 Å². The summed E-state index contributed by atoms with van der Waals surface area (Å²) in [6.07, 6.45) is -3.98. The van der Waals surface area contributed by atoms with Crippen LogP contribution >= 0.6 is 0 Å². The molecule has 1 aromatic carbocycles. The number of halogens is 3. The minimum Gasteiger partial charge on any atom is -0.494 e. The van der Waals surface area contributed by atoms with E-state index >= 15 is 0 Å². The molecule has 0 spiro atoms.